The minimum Gasteiger partial charge on any atom is -0.396 e. The summed E-state index contributed by atoms with van der Waals surface area (Å²) in [5.74, 6) is 0.641. The van der Waals surface area contributed by atoms with Crippen LogP contribution >= 0.6 is 0 Å². The molecular formula is C11H22N2O2. The molecule has 3 atom stereocenters. The number of aliphatic hydroxyl groups is 1. The average Bonchev–Trinajstić information content (AvgIpc) is 2.63. The molecule has 3 N–H and O–H groups in total. The molecule has 88 valence electrons. The van der Waals surface area contributed by atoms with Crippen LogP contribution in [-0.2, 0) is 4.79 Å². The predicted octanol–water partition coefficient (Wildman–Crippen LogP) is 0.119. The van der Waals surface area contributed by atoms with Gasteiger partial charge in [0.15, 0.2) is 0 Å². The lowest BCUT2D eigenvalue weighted by Gasteiger charge is -2.20. The number of rotatable bonds is 5. The summed E-state index contributed by atoms with van der Waals surface area (Å²) in [6.07, 6.45) is 1.53. The third-order valence-corrected chi connectivity index (χ3v) is 3.17. The van der Waals surface area contributed by atoms with Crippen molar-refractivity contribution in [3.63, 3.8) is 0 Å². The van der Waals surface area contributed by atoms with Crippen LogP contribution in [-0.4, -0.2) is 36.8 Å². The lowest BCUT2D eigenvalue weighted by molar-refractivity contribution is -0.126. The van der Waals surface area contributed by atoms with E-state index in [1.54, 1.807) is 0 Å². The van der Waals surface area contributed by atoms with Crippen LogP contribution in [0.1, 0.15) is 26.7 Å². The molecule has 0 saturated carbocycles. The SMILES string of the molecule is CCC(CCO)NC(=O)[C@@H]1CNC[C@H]1C. The van der Waals surface area contributed by atoms with Crippen LogP contribution in [0.5, 0.6) is 0 Å². The van der Waals surface area contributed by atoms with E-state index in [0.717, 1.165) is 19.5 Å². The highest BCUT2D eigenvalue weighted by molar-refractivity contribution is 5.79. The Morgan fingerprint density at radius 2 is 2.33 bits per heavy atom. The second-order valence-corrected chi connectivity index (χ2v) is 4.37. The van der Waals surface area contributed by atoms with Crippen LogP contribution < -0.4 is 10.6 Å². The molecule has 0 aromatic heterocycles. The quantitative estimate of drug-likeness (QED) is 0.609. The van der Waals surface area contributed by atoms with Crippen molar-refractivity contribution in [2.45, 2.75) is 32.7 Å². The van der Waals surface area contributed by atoms with Crippen molar-refractivity contribution < 1.29 is 9.90 Å². The number of aliphatic hydroxyl groups excluding tert-OH is 1. The summed E-state index contributed by atoms with van der Waals surface area (Å²) in [6, 6.07) is 0.121. The van der Waals surface area contributed by atoms with E-state index >= 15 is 0 Å². The van der Waals surface area contributed by atoms with Crippen LogP contribution in [0.4, 0.5) is 0 Å². The molecule has 1 unspecified atom stereocenters. The molecule has 0 bridgehead atoms. The number of hydrogen-bond acceptors (Lipinski definition) is 3. The van der Waals surface area contributed by atoms with E-state index in [2.05, 4.69) is 17.6 Å². The lowest BCUT2D eigenvalue weighted by atomic mass is 9.96. The minimum atomic E-state index is 0.0951. The second kappa shape index (κ2) is 6.08. The zero-order valence-corrected chi connectivity index (χ0v) is 9.62. The number of nitrogens with one attached hydrogen (secondary N) is 2. The molecule has 1 fully saturated rings. The molecule has 15 heavy (non-hydrogen) atoms. The Morgan fingerprint density at radius 3 is 2.80 bits per heavy atom. The molecule has 1 rings (SSSR count). The monoisotopic (exact) mass is 214 g/mol. The van der Waals surface area contributed by atoms with Crippen LogP contribution in [0.3, 0.4) is 0 Å². The Hall–Kier alpha value is -0.610. The maximum Gasteiger partial charge on any atom is 0.224 e. The van der Waals surface area contributed by atoms with Crippen LogP contribution in [0, 0.1) is 11.8 Å². The summed E-state index contributed by atoms with van der Waals surface area (Å²) in [6.45, 7) is 5.96. The van der Waals surface area contributed by atoms with Gasteiger partial charge in [-0.1, -0.05) is 13.8 Å². The molecule has 1 heterocycles. The first-order valence-electron chi connectivity index (χ1n) is 5.81. The third kappa shape index (κ3) is 3.47. The van der Waals surface area contributed by atoms with Crippen molar-refractivity contribution in [3.8, 4) is 0 Å². The van der Waals surface area contributed by atoms with E-state index in [1.807, 2.05) is 6.92 Å². The zero-order valence-electron chi connectivity index (χ0n) is 9.62. The molecular weight excluding hydrogens is 192 g/mol. The van der Waals surface area contributed by atoms with Gasteiger partial charge in [-0.05, 0) is 25.3 Å². The molecule has 0 aromatic rings. The Balaban J connectivity index is 2.39. The van der Waals surface area contributed by atoms with Gasteiger partial charge >= 0.3 is 0 Å². The summed E-state index contributed by atoms with van der Waals surface area (Å²) >= 11 is 0. The van der Waals surface area contributed by atoms with Crippen molar-refractivity contribution in [1.82, 2.24) is 10.6 Å². The first-order chi connectivity index (χ1) is 7.19. The summed E-state index contributed by atoms with van der Waals surface area (Å²) in [5, 5.41) is 15.1. The van der Waals surface area contributed by atoms with Gasteiger partial charge in [0.05, 0.1) is 5.92 Å². The molecule has 1 amide bonds. The molecule has 1 aliphatic rings. The smallest absolute Gasteiger partial charge is 0.224 e. The number of hydrogen-bond donors (Lipinski definition) is 3. The highest BCUT2D eigenvalue weighted by Crippen LogP contribution is 2.16. The normalized spacial score (nSPS) is 27.7. The number of amides is 1. The molecule has 1 aliphatic heterocycles. The van der Waals surface area contributed by atoms with Gasteiger partial charge in [-0.3, -0.25) is 4.79 Å². The summed E-state index contributed by atoms with van der Waals surface area (Å²) in [7, 11) is 0. The van der Waals surface area contributed by atoms with Gasteiger partial charge in [0, 0.05) is 19.2 Å². The molecule has 4 heteroatoms. The van der Waals surface area contributed by atoms with Crippen LogP contribution in [0.2, 0.25) is 0 Å². The molecule has 0 radical (unpaired) electrons. The number of carbonyl (C=O) groups excluding carboxylic acids is 1. The standard InChI is InChI=1S/C11H22N2O2/c1-3-9(4-5-14)13-11(15)10-7-12-6-8(10)2/h8-10,12,14H,3-7H2,1-2H3,(H,13,15)/t8-,9?,10-/m1/s1. The van der Waals surface area contributed by atoms with Crippen LogP contribution in [0.25, 0.3) is 0 Å². The van der Waals surface area contributed by atoms with E-state index in [9.17, 15) is 4.79 Å². The predicted molar refractivity (Wildman–Crippen MR) is 59.4 cm³/mol. The molecule has 0 aliphatic carbocycles. The minimum absolute atomic E-state index is 0.0951. The van der Waals surface area contributed by atoms with Crippen molar-refractivity contribution in [1.29, 1.82) is 0 Å². The van der Waals surface area contributed by atoms with E-state index in [0.29, 0.717) is 12.3 Å². The van der Waals surface area contributed by atoms with Gasteiger partial charge in [-0.2, -0.15) is 0 Å². The van der Waals surface area contributed by atoms with Crippen molar-refractivity contribution in [3.05, 3.63) is 0 Å². The highest BCUT2D eigenvalue weighted by atomic mass is 16.3. The van der Waals surface area contributed by atoms with Crippen molar-refractivity contribution in [2.24, 2.45) is 11.8 Å². The fourth-order valence-corrected chi connectivity index (χ4v) is 2.00. The molecule has 0 aromatic carbocycles. The molecule has 1 saturated heterocycles. The average molecular weight is 214 g/mol. The third-order valence-electron chi connectivity index (χ3n) is 3.17. The van der Waals surface area contributed by atoms with Crippen molar-refractivity contribution >= 4 is 5.91 Å². The fourth-order valence-electron chi connectivity index (χ4n) is 2.00. The summed E-state index contributed by atoms with van der Waals surface area (Å²) in [5.41, 5.74) is 0. The summed E-state index contributed by atoms with van der Waals surface area (Å²) < 4.78 is 0. The maximum atomic E-state index is 11.9. The Bertz CT molecular complexity index is 209. The Morgan fingerprint density at radius 1 is 1.60 bits per heavy atom. The Kier molecular flexibility index (Phi) is 5.05. The number of carbonyl (C=O) groups is 1. The van der Waals surface area contributed by atoms with Gasteiger partial charge in [0.2, 0.25) is 5.91 Å². The largest absolute Gasteiger partial charge is 0.396 e. The van der Waals surface area contributed by atoms with Gasteiger partial charge in [0.1, 0.15) is 0 Å². The highest BCUT2D eigenvalue weighted by Gasteiger charge is 2.30. The molecule has 4 nitrogen and oxygen atoms in total. The summed E-state index contributed by atoms with van der Waals surface area (Å²) in [4.78, 5) is 11.9. The van der Waals surface area contributed by atoms with Crippen molar-refractivity contribution in [2.75, 3.05) is 19.7 Å². The van der Waals surface area contributed by atoms with Crippen LogP contribution in [0.15, 0.2) is 0 Å². The maximum absolute atomic E-state index is 11.9. The molecule has 0 spiro atoms. The van der Waals surface area contributed by atoms with E-state index in [4.69, 9.17) is 5.11 Å². The van der Waals surface area contributed by atoms with E-state index in [1.165, 1.54) is 0 Å². The van der Waals surface area contributed by atoms with Gasteiger partial charge in [-0.15, -0.1) is 0 Å². The van der Waals surface area contributed by atoms with Gasteiger partial charge in [0.25, 0.3) is 0 Å². The first kappa shape index (κ1) is 12.5. The second-order valence-electron chi connectivity index (χ2n) is 4.37. The Labute approximate surface area is 91.4 Å². The fraction of sp³-hybridized carbons (Fsp3) is 0.909. The first-order valence-corrected chi connectivity index (χ1v) is 5.81. The lowest BCUT2D eigenvalue weighted by Crippen LogP contribution is -2.41. The zero-order chi connectivity index (χ0) is 11.3. The van der Waals surface area contributed by atoms with E-state index in [-0.39, 0.29) is 24.5 Å². The van der Waals surface area contributed by atoms with Gasteiger partial charge in [-0.25, -0.2) is 0 Å². The topological polar surface area (TPSA) is 61.4 Å². The van der Waals surface area contributed by atoms with E-state index < -0.39 is 0 Å². The van der Waals surface area contributed by atoms with Gasteiger partial charge < -0.3 is 15.7 Å².